The molecule has 63 valence electrons. The van der Waals surface area contributed by atoms with Gasteiger partial charge in [0.25, 0.3) is 0 Å². The van der Waals surface area contributed by atoms with Gasteiger partial charge < -0.3 is 0 Å². The van der Waals surface area contributed by atoms with Crippen LogP contribution in [0.4, 0.5) is 0 Å². The third-order valence-electron chi connectivity index (χ3n) is 0.864. The van der Waals surface area contributed by atoms with E-state index in [1.807, 2.05) is 50.3 Å². The first-order valence-electron chi connectivity index (χ1n) is 3.54. The SMILES string of the molecule is CC=CC=[CH][Co][CH]=CC=CC. The van der Waals surface area contributed by atoms with Crippen molar-refractivity contribution < 1.29 is 14.7 Å². The second kappa shape index (κ2) is 9.47. The van der Waals surface area contributed by atoms with Crippen LogP contribution in [-0.4, -0.2) is 0 Å². The van der Waals surface area contributed by atoms with Crippen molar-refractivity contribution in [2.45, 2.75) is 13.8 Å². The Balaban J connectivity index is 3.40. The van der Waals surface area contributed by atoms with E-state index in [0.717, 1.165) is 0 Å². The van der Waals surface area contributed by atoms with Gasteiger partial charge in [0.1, 0.15) is 0 Å². The third kappa shape index (κ3) is 9.47. The van der Waals surface area contributed by atoms with Gasteiger partial charge in [-0.1, -0.05) is 0 Å². The summed E-state index contributed by atoms with van der Waals surface area (Å²) >= 11 is 1.26. The second-order valence-corrected chi connectivity index (χ2v) is 2.81. The van der Waals surface area contributed by atoms with Crippen molar-refractivity contribution in [1.29, 1.82) is 0 Å². The van der Waals surface area contributed by atoms with E-state index in [1.165, 1.54) is 14.7 Å². The minimum absolute atomic E-state index is 1.26. The molecule has 0 rings (SSSR count). The zero-order valence-corrected chi connectivity index (χ0v) is 7.99. The molecule has 0 saturated carbocycles. The number of hydrogen-bond donors (Lipinski definition) is 0. The van der Waals surface area contributed by atoms with Crippen LogP contribution in [0.3, 0.4) is 0 Å². The van der Waals surface area contributed by atoms with Gasteiger partial charge in [0.05, 0.1) is 0 Å². The summed E-state index contributed by atoms with van der Waals surface area (Å²) in [5, 5.41) is 4.19. The van der Waals surface area contributed by atoms with Gasteiger partial charge in [-0.3, -0.25) is 0 Å². The Labute approximate surface area is 75.4 Å². The normalized spacial score (nSPS) is 13.6. The van der Waals surface area contributed by atoms with E-state index < -0.39 is 0 Å². The van der Waals surface area contributed by atoms with Crippen LogP contribution < -0.4 is 0 Å². The summed E-state index contributed by atoms with van der Waals surface area (Å²) in [5.41, 5.74) is 0. The average molecular weight is 193 g/mol. The molecule has 0 fully saturated rings. The molecule has 0 bridgehead atoms. The first-order chi connectivity index (χ1) is 5.41. The number of allylic oxidation sites excluding steroid dienone is 6. The summed E-state index contributed by atoms with van der Waals surface area (Å²) in [7, 11) is 0. The predicted octanol–water partition coefficient (Wildman–Crippen LogP) is 3.25. The van der Waals surface area contributed by atoms with E-state index >= 15 is 0 Å². The van der Waals surface area contributed by atoms with Gasteiger partial charge in [-0.2, -0.15) is 0 Å². The molecule has 0 aromatic rings. The molecular formula is C10H14Co. The van der Waals surface area contributed by atoms with Gasteiger partial charge in [-0.25, -0.2) is 0 Å². The summed E-state index contributed by atoms with van der Waals surface area (Å²) in [5.74, 6) is 0. The van der Waals surface area contributed by atoms with Gasteiger partial charge in [-0.15, -0.1) is 0 Å². The first-order valence-corrected chi connectivity index (χ1v) is 4.74. The van der Waals surface area contributed by atoms with Crippen molar-refractivity contribution in [3.63, 3.8) is 0 Å². The monoisotopic (exact) mass is 193 g/mol. The maximum absolute atomic E-state index is 2.09. The van der Waals surface area contributed by atoms with E-state index in [-0.39, 0.29) is 0 Å². The fourth-order valence-electron chi connectivity index (χ4n) is 0.407. The van der Waals surface area contributed by atoms with Crippen LogP contribution in [0.1, 0.15) is 13.8 Å². The molecule has 0 atom stereocenters. The van der Waals surface area contributed by atoms with Crippen LogP contribution in [0.5, 0.6) is 0 Å². The molecule has 11 heavy (non-hydrogen) atoms. The standard InChI is InChI=1S/2C5H7.Co/c2*1-3-5-4-2;/h2*1,3-5H,2H3;. The number of rotatable bonds is 4. The molecule has 0 unspecified atom stereocenters. The third-order valence-corrected chi connectivity index (χ3v) is 1.67. The predicted molar refractivity (Wildman–Crippen MR) is 47.9 cm³/mol. The topological polar surface area (TPSA) is 0 Å². The van der Waals surface area contributed by atoms with Gasteiger partial charge in [-0.05, 0) is 0 Å². The van der Waals surface area contributed by atoms with Gasteiger partial charge in [0.2, 0.25) is 0 Å². The molecule has 0 spiro atoms. The molecule has 0 aromatic carbocycles. The Bertz CT molecular complexity index is 153. The molecule has 0 heterocycles. The Morgan fingerprint density at radius 2 is 1.18 bits per heavy atom. The zero-order valence-electron chi connectivity index (χ0n) is 6.95. The average Bonchev–Trinajstić information content (AvgIpc) is 2.03. The van der Waals surface area contributed by atoms with Crippen molar-refractivity contribution in [3.05, 3.63) is 46.5 Å². The molecule has 0 radical (unpaired) electrons. The van der Waals surface area contributed by atoms with Crippen LogP contribution in [0.25, 0.3) is 0 Å². The fraction of sp³-hybridized carbons (Fsp3) is 0.200. The van der Waals surface area contributed by atoms with Crippen molar-refractivity contribution in [2.24, 2.45) is 0 Å². The van der Waals surface area contributed by atoms with Crippen molar-refractivity contribution in [2.75, 3.05) is 0 Å². The van der Waals surface area contributed by atoms with Crippen molar-refractivity contribution in [1.82, 2.24) is 0 Å². The van der Waals surface area contributed by atoms with E-state index in [1.54, 1.807) is 0 Å². The molecule has 1 heteroatoms. The van der Waals surface area contributed by atoms with E-state index in [2.05, 4.69) is 10.0 Å². The van der Waals surface area contributed by atoms with E-state index in [0.29, 0.717) is 0 Å². The minimum atomic E-state index is 1.26. The molecule has 0 aromatic heterocycles. The van der Waals surface area contributed by atoms with Gasteiger partial charge >= 0.3 is 75.0 Å². The molecule has 0 aliphatic rings. The molecule has 0 amide bonds. The van der Waals surface area contributed by atoms with Crippen LogP contribution in [0, 0.1) is 0 Å². The summed E-state index contributed by atoms with van der Waals surface area (Å²) in [4.78, 5) is 0. The Morgan fingerprint density at radius 1 is 0.727 bits per heavy atom. The van der Waals surface area contributed by atoms with E-state index in [4.69, 9.17) is 0 Å². The van der Waals surface area contributed by atoms with Gasteiger partial charge in [0.15, 0.2) is 0 Å². The molecule has 0 aliphatic heterocycles. The molecule has 0 N–H and O–H groups in total. The summed E-state index contributed by atoms with van der Waals surface area (Å²) in [6.07, 6.45) is 12.2. The van der Waals surface area contributed by atoms with Gasteiger partial charge in [0, 0.05) is 0 Å². The molecule has 0 nitrogen and oxygen atoms in total. The molecule has 0 saturated heterocycles. The maximum atomic E-state index is 2.09. The summed E-state index contributed by atoms with van der Waals surface area (Å²) in [6.45, 7) is 4.02. The van der Waals surface area contributed by atoms with Crippen LogP contribution in [0.2, 0.25) is 0 Å². The van der Waals surface area contributed by atoms with Crippen molar-refractivity contribution in [3.8, 4) is 0 Å². The Hall–Kier alpha value is -0.534. The Morgan fingerprint density at radius 3 is 1.55 bits per heavy atom. The van der Waals surface area contributed by atoms with E-state index in [9.17, 15) is 0 Å². The molecular weight excluding hydrogens is 179 g/mol. The van der Waals surface area contributed by atoms with Crippen molar-refractivity contribution >= 4 is 0 Å². The second-order valence-electron chi connectivity index (χ2n) is 1.77. The first kappa shape index (κ1) is 10.5. The van der Waals surface area contributed by atoms with Crippen LogP contribution in [-0.2, 0) is 14.7 Å². The summed E-state index contributed by atoms with van der Waals surface area (Å²) in [6, 6.07) is 0. The number of hydrogen-bond acceptors (Lipinski definition) is 0. The van der Waals surface area contributed by atoms with Crippen LogP contribution in [0.15, 0.2) is 46.5 Å². The fourth-order valence-corrected chi connectivity index (χ4v) is 0.986. The summed E-state index contributed by atoms with van der Waals surface area (Å²) < 4.78 is 0. The zero-order chi connectivity index (χ0) is 8.36. The Kier molecular flexibility index (Phi) is 9.01. The van der Waals surface area contributed by atoms with Crippen LogP contribution >= 0.6 is 0 Å². The molecule has 0 aliphatic carbocycles. The quantitative estimate of drug-likeness (QED) is 0.601.